The Bertz CT molecular complexity index is 8010. The van der Waals surface area contributed by atoms with Crippen LogP contribution in [0, 0.1) is 12.8 Å². The molecule has 19 heteroatoms. The maximum absolute atomic E-state index is 12.9. The summed E-state index contributed by atoms with van der Waals surface area (Å²) in [5.74, 6) is 4.68. The number of aromatic nitrogens is 11. The van der Waals surface area contributed by atoms with Crippen molar-refractivity contribution < 1.29 is 9.59 Å². The first kappa shape index (κ1) is 83.0. The van der Waals surface area contributed by atoms with Gasteiger partial charge < -0.3 is 40.5 Å². The fourth-order valence-electron chi connectivity index (χ4n) is 19.1. The van der Waals surface area contributed by atoms with Gasteiger partial charge in [0.25, 0.3) is 11.8 Å². The maximum Gasteiger partial charge on any atom is 0.261 e. The van der Waals surface area contributed by atoms with Gasteiger partial charge in [-0.05, 0) is 189 Å². The van der Waals surface area contributed by atoms with E-state index in [-0.39, 0.29) is 29.1 Å². The van der Waals surface area contributed by atoms with Crippen molar-refractivity contribution in [1.29, 1.82) is 0 Å². The summed E-state index contributed by atoms with van der Waals surface area (Å²) in [7, 11) is 0. The minimum atomic E-state index is -0.173. The van der Waals surface area contributed by atoms with Crippen LogP contribution in [0.2, 0.25) is 5.02 Å². The van der Waals surface area contributed by atoms with Crippen molar-refractivity contribution in [3.63, 3.8) is 0 Å². The van der Waals surface area contributed by atoms with Crippen LogP contribution in [0.5, 0.6) is 0 Å². The van der Waals surface area contributed by atoms with Gasteiger partial charge in [-0.25, -0.2) is 34.9 Å². The van der Waals surface area contributed by atoms with Crippen molar-refractivity contribution in [3.8, 4) is 89.9 Å². The SMILES string of the molecule is CC(C)(C)c1nc(-c2ccc3ccc(-c4ccccc4)nc3c2)c2c(N)cccn12.Cc1nc(-c2ccc3ccc(-c4ccccc4)nc3c2)c2c(N)cccn12.Nc1cccn2c(C3CCC(CN4C(=O)c5ccccc5C4=O)CC3)nc(-c3ccc4ccc(-c5ccccc5)nc4c3)c12.Nc1cccn2c(C3CCC3)nc(-c3cc4cc(-c5ccccc5)ccc4cc3Cl)c12. The minimum Gasteiger partial charge on any atom is -0.397 e. The molecule has 24 rings (SSSR count). The molecule has 2 aliphatic carbocycles. The molecule has 2 fully saturated rings. The van der Waals surface area contributed by atoms with Gasteiger partial charge in [0.1, 0.15) is 29.0 Å². The number of hydrogen-bond acceptors (Lipinski definition) is 13. The second-order valence-electron chi connectivity index (χ2n) is 35.7. The van der Waals surface area contributed by atoms with E-state index in [0.717, 1.165) is 210 Å². The maximum atomic E-state index is 12.9. The molecular formula is C113H95ClN16O2. The Morgan fingerprint density at radius 3 is 1.17 bits per heavy atom. The molecule has 0 unspecified atom stereocenters. The normalized spacial score (nSPS) is 14.5. The summed E-state index contributed by atoms with van der Waals surface area (Å²) in [4.78, 5) is 62.2. The zero-order chi connectivity index (χ0) is 90.0. The van der Waals surface area contributed by atoms with Crippen LogP contribution in [-0.2, 0) is 5.41 Å². The highest BCUT2D eigenvalue weighted by molar-refractivity contribution is 6.34. The molecule has 10 aromatic carbocycles. The zero-order valence-electron chi connectivity index (χ0n) is 73.6. The molecule has 8 N–H and O–H groups in total. The van der Waals surface area contributed by atoms with Gasteiger partial charge in [0.15, 0.2) is 0 Å². The van der Waals surface area contributed by atoms with Gasteiger partial charge in [-0.1, -0.05) is 239 Å². The smallest absolute Gasteiger partial charge is 0.261 e. The third-order valence-corrected chi connectivity index (χ3v) is 26.4. The Hall–Kier alpha value is -15.9. The summed E-state index contributed by atoms with van der Waals surface area (Å²) < 4.78 is 8.46. The molecule has 1 aliphatic heterocycles. The predicted molar refractivity (Wildman–Crippen MR) is 537 cm³/mol. The largest absolute Gasteiger partial charge is 0.397 e. The average molecular weight is 1740 g/mol. The molecule has 11 aromatic heterocycles. The molecule has 0 bridgehead atoms. The van der Waals surface area contributed by atoms with Gasteiger partial charge in [-0.15, -0.1) is 0 Å². The number of anilines is 4. The van der Waals surface area contributed by atoms with E-state index in [1.165, 1.54) is 35.3 Å². The van der Waals surface area contributed by atoms with E-state index in [2.05, 4.69) is 222 Å². The molecule has 21 aromatic rings. The highest BCUT2D eigenvalue weighted by atomic mass is 35.5. The summed E-state index contributed by atoms with van der Waals surface area (Å²) >= 11 is 6.79. The number of halogens is 1. The van der Waals surface area contributed by atoms with Crippen molar-refractivity contribution >= 4 is 112 Å². The van der Waals surface area contributed by atoms with E-state index in [9.17, 15) is 9.59 Å². The monoisotopic (exact) mass is 1740 g/mol. The highest BCUT2D eigenvalue weighted by Gasteiger charge is 2.38. The predicted octanol–water partition coefficient (Wildman–Crippen LogP) is 25.9. The third-order valence-electron chi connectivity index (χ3n) is 26.1. The fraction of sp³-hybridized carbons (Fsp3) is 0.142. The Labute approximate surface area is 768 Å². The number of imidazole rings is 4. The summed E-state index contributed by atoms with van der Waals surface area (Å²) in [5, 5.41) is 6.23. The lowest BCUT2D eigenvalue weighted by molar-refractivity contribution is 0.0614. The van der Waals surface area contributed by atoms with Crippen molar-refractivity contribution in [1.82, 2.24) is 57.4 Å². The van der Waals surface area contributed by atoms with Crippen LogP contribution >= 0.6 is 11.6 Å². The molecule has 3 aliphatic rings. The van der Waals surface area contributed by atoms with Crippen LogP contribution in [0.25, 0.3) is 155 Å². The van der Waals surface area contributed by atoms with E-state index in [1.807, 2.05) is 151 Å². The van der Waals surface area contributed by atoms with Gasteiger partial charge in [0.2, 0.25) is 0 Å². The number of nitrogens with two attached hydrogens (primary N) is 4. The topological polar surface area (TPSA) is 249 Å². The van der Waals surface area contributed by atoms with Crippen molar-refractivity contribution in [3.05, 3.63) is 380 Å². The van der Waals surface area contributed by atoms with Gasteiger partial charge in [-0.3, -0.25) is 14.5 Å². The molecule has 0 atom stereocenters. The first-order valence-corrected chi connectivity index (χ1v) is 45.4. The Balaban J connectivity index is 0.000000108. The number of aryl methyl sites for hydroxylation is 1. The summed E-state index contributed by atoms with van der Waals surface area (Å²) in [6.45, 7) is 8.96. The molecular weight excluding hydrogens is 1650 g/mol. The molecule has 0 radical (unpaired) electrons. The zero-order valence-corrected chi connectivity index (χ0v) is 74.3. The number of imide groups is 1. The minimum absolute atomic E-state index is 0.107. The summed E-state index contributed by atoms with van der Waals surface area (Å²) in [6.07, 6.45) is 15.5. The van der Waals surface area contributed by atoms with Gasteiger partial charge >= 0.3 is 0 Å². The number of nitrogen functional groups attached to an aromatic ring is 4. The second kappa shape index (κ2) is 34.6. The van der Waals surface area contributed by atoms with Gasteiger partial charge in [0.05, 0.1) is 112 Å². The van der Waals surface area contributed by atoms with Crippen LogP contribution in [0.1, 0.15) is 122 Å². The van der Waals surface area contributed by atoms with Crippen molar-refractivity contribution in [2.45, 2.75) is 89.9 Å². The van der Waals surface area contributed by atoms with Crippen molar-refractivity contribution in [2.75, 3.05) is 29.5 Å². The van der Waals surface area contributed by atoms with E-state index >= 15 is 0 Å². The standard InChI is InChI=1S/C37H31N5O2.C27H22ClN3.C26H24N4.C23H18N4/c38-30-11-6-20-41-34(30)33(27-17-16-25-18-19-31(39-32(25)21-27)24-7-2-1-3-8-24)40-35(41)26-14-12-23(13-15-26)22-42-36(43)28-9-4-5-10-29(28)37(42)44;28-23-16-20-12-11-19(17-6-2-1-3-7-17)14-21(20)15-22(23)25-26-24(29)10-5-13-31(26)27(30-25)18-8-4-9-18;1-26(2,3)25-29-23(24-20(27)10-7-15-30(24)25)19-12-11-18-13-14-21(28-22(18)16-19)17-8-5-4-6-9-17;1-15-25-22(23-19(24)8-5-13-27(15)23)18-10-9-17-11-12-20(26-21(17)14-18)16-6-3-2-4-7-16/h1-11,16-21,23,26H,12-15,22,38H2;1-3,5-7,10-16,18H,4,8-9,29H2;4-16H,27H2,1-3H3;2-14H,24H2,1H3. The Morgan fingerprint density at radius 2 is 0.705 bits per heavy atom. The van der Waals surface area contributed by atoms with Crippen LogP contribution < -0.4 is 22.9 Å². The number of benzene rings is 10. The highest BCUT2D eigenvalue weighted by Crippen LogP contribution is 2.46. The van der Waals surface area contributed by atoms with Gasteiger partial charge in [-0.2, -0.15) is 0 Å². The molecule has 12 heterocycles. The molecule has 646 valence electrons. The lowest BCUT2D eigenvalue weighted by atomic mass is 9.81. The first-order valence-electron chi connectivity index (χ1n) is 45.0. The van der Waals surface area contributed by atoms with Crippen LogP contribution in [-0.4, -0.2) is 75.7 Å². The number of pyridine rings is 7. The number of fused-ring (bicyclic) bond motifs is 9. The number of amides is 2. The Morgan fingerprint density at radius 1 is 0.326 bits per heavy atom. The molecule has 2 amide bonds. The molecule has 0 saturated heterocycles. The van der Waals surface area contributed by atoms with E-state index < -0.39 is 0 Å². The Kier molecular flexibility index (Phi) is 21.8. The quantitative estimate of drug-likeness (QED) is 0.0832. The number of hydrogen-bond donors (Lipinski definition) is 4. The second-order valence-corrected chi connectivity index (χ2v) is 36.1. The molecule has 132 heavy (non-hydrogen) atoms. The summed E-state index contributed by atoms with van der Waals surface area (Å²) in [5.41, 5.74) is 52.0. The van der Waals surface area contributed by atoms with Crippen LogP contribution in [0.3, 0.4) is 0 Å². The number of rotatable bonds is 12. The number of carbonyl (C=O) groups is 2. The number of carbonyl (C=O) groups excluding carboxylic acids is 2. The van der Waals surface area contributed by atoms with E-state index in [4.69, 9.17) is 69.4 Å². The molecule has 18 nitrogen and oxygen atoms in total. The third kappa shape index (κ3) is 15.8. The lowest BCUT2D eigenvalue weighted by Gasteiger charge is -2.30. The number of nitrogens with zero attached hydrogens (tertiary/aromatic N) is 12. The van der Waals surface area contributed by atoms with Crippen LogP contribution in [0.15, 0.2) is 340 Å². The van der Waals surface area contributed by atoms with Gasteiger partial charge in [0, 0.05) is 104 Å². The molecule has 0 spiro atoms. The first-order chi connectivity index (χ1) is 64.4. The molecule has 2 saturated carbocycles. The van der Waals surface area contributed by atoms with Crippen LogP contribution in [0.4, 0.5) is 22.7 Å². The van der Waals surface area contributed by atoms with E-state index in [0.29, 0.717) is 34.3 Å². The fourth-order valence-corrected chi connectivity index (χ4v) is 19.3. The van der Waals surface area contributed by atoms with E-state index in [1.54, 1.807) is 12.1 Å². The lowest BCUT2D eigenvalue weighted by Crippen LogP contribution is -2.35. The average Bonchev–Trinajstić information content (AvgIpc) is 1.61. The van der Waals surface area contributed by atoms with Crippen molar-refractivity contribution in [2.24, 2.45) is 5.92 Å². The summed E-state index contributed by atoms with van der Waals surface area (Å²) in [6, 6.07) is 106.